The Morgan fingerprint density at radius 1 is 1.14 bits per heavy atom. The van der Waals surface area contributed by atoms with Crippen LogP contribution >= 0.6 is 0 Å². The van der Waals surface area contributed by atoms with E-state index in [4.69, 9.17) is 5.73 Å². The Labute approximate surface area is 161 Å². The molecule has 2 heterocycles. The second-order valence-corrected chi connectivity index (χ2v) is 8.02. The maximum absolute atomic E-state index is 13.3. The molecular weight excluding hydrogens is 365 g/mol. The van der Waals surface area contributed by atoms with E-state index in [1.165, 1.54) is 6.20 Å². The smallest absolute Gasteiger partial charge is 0.332 e. The van der Waals surface area contributed by atoms with Gasteiger partial charge in [0.05, 0.1) is 17.3 Å². The summed E-state index contributed by atoms with van der Waals surface area (Å²) < 4.78 is 41.5. The third-order valence-corrected chi connectivity index (χ3v) is 4.41. The van der Waals surface area contributed by atoms with E-state index in [2.05, 4.69) is 11.1 Å². The summed E-state index contributed by atoms with van der Waals surface area (Å²) >= 11 is 0. The predicted octanol–water partition coefficient (Wildman–Crippen LogP) is 5.18. The van der Waals surface area contributed by atoms with Gasteiger partial charge in [-0.15, -0.1) is 0 Å². The molecule has 0 aliphatic heterocycles. The van der Waals surface area contributed by atoms with Gasteiger partial charge < -0.3 is 10.3 Å². The zero-order valence-electron chi connectivity index (χ0n) is 15.9. The molecule has 0 amide bonds. The highest BCUT2D eigenvalue weighted by molar-refractivity contribution is 5.84. The second kappa shape index (κ2) is 6.95. The maximum atomic E-state index is 13.3. The van der Waals surface area contributed by atoms with Crippen molar-refractivity contribution in [2.45, 2.75) is 39.5 Å². The van der Waals surface area contributed by atoms with Crippen molar-refractivity contribution in [3.05, 3.63) is 53.7 Å². The molecule has 2 N–H and O–H groups in total. The number of nitrogens with zero attached hydrogens (tertiary/aromatic N) is 3. The summed E-state index contributed by atoms with van der Waals surface area (Å²) in [6, 6.07) is 10.3. The average Bonchev–Trinajstić information content (AvgIpc) is 2.96. The number of rotatable bonds is 3. The van der Waals surface area contributed by atoms with E-state index in [0.29, 0.717) is 34.4 Å². The van der Waals surface area contributed by atoms with Crippen LogP contribution in [-0.2, 0) is 6.54 Å². The van der Waals surface area contributed by atoms with Crippen LogP contribution in [-0.4, -0.2) is 15.7 Å². The lowest BCUT2D eigenvalue weighted by Gasteiger charge is -2.19. The fourth-order valence-corrected chi connectivity index (χ4v) is 3.20. The number of alkyl halides is 3. The van der Waals surface area contributed by atoms with Crippen LogP contribution in [0.4, 0.5) is 13.2 Å². The molecule has 0 aliphatic carbocycles. The molecule has 3 rings (SSSR count). The van der Waals surface area contributed by atoms with Crippen molar-refractivity contribution in [1.29, 1.82) is 5.26 Å². The molecule has 0 radical (unpaired) electrons. The molecule has 3 aromatic rings. The molecule has 1 aromatic carbocycles. The molecule has 0 saturated carbocycles. The molecule has 7 heteroatoms. The van der Waals surface area contributed by atoms with Crippen molar-refractivity contribution in [3.8, 4) is 17.3 Å². The molecule has 0 unspecified atom stereocenters. The number of fused-ring (bicyclic) bond motifs is 1. The second-order valence-electron chi connectivity index (χ2n) is 8.02. The van der Waals surface area contributed by atoms with Crippen molar-refractivity contribution in [2.75, 3.05) is 0 Å². The van der Waals surface area contributed by atoms with Crippen molar-refractivity contribution >= 4 is 11.0 Å². The first-order valence-corrected chi connectivity index (χ1v) is 8.83. The molecule has 0 bridgehead atoms. The first-order chi connectivity index (χ1) is 13.0. The summed E-state index contributed by atoms with van der Waals surface area (Å²) in [5.41, 5.74) is 7.38. The van der Waals surface area contributed by atoms with E-state index in [-0.39, 0.29) is 11.0 Å². The lowest BCUT2D eigenvalue weighted by molar-refractivity contribution is -0.148. The minimum absolute atomic E-state index is 0.000585. The van der Waals surface area contributed by atoms with Crippen molar-refractivity contribution in [1.82, 2.24) is 9.55 Å². The number of halogens is 3. The Bertz CT molecular complexity index is 1050. The number of aromatic nitrogens is 2. The minimum Gasteiger partial charge on any atom is -0.332 e. The standard InChI is InChI=1S/C21H21F3N4/c1-20(2,3)12-28-11-16(18(26)21(22,23)24)15-8-9-17(27-19(15)28)14-7-5-4-6-13(14)10-25/h4-9,11,18H,12,26H2,1-3H3/t18-/m0/s1. The van der Waals surface area contributed by atoms with Crippen LogP contribution in [0.2, 0.25) is 0 Å². The van der Waals surface area contributed by atoms with Crippen LogP contribution in [0.15, 0.2) is 42.6 Å². The van der Waals surface area contributed by atoms with Crippen LogP contribution in [0, 0.1) is 16.7 Å². The van der Waals surface area contributed by atoms with E-state index in [1.54, 1.807) is 41.0 Å². The van der Waals surface area contributed by atoms with Crippen molar-refractivity contribution in [2.24, 2.45) is 11.1 Å². The number of nitrogens with two attached hydrogens (primary N) is 1. The van der Waals surface area contributed by atoms with Gasteiger partial charge >= 0.3 is 6.18 Å². The van der Waals surface area contributed by atoms with Crippen LogP contribution in [0.1, 0.15) is 37.9 Å². The van der Waals surface area contributed by atoms with E-state index < -0.39 is 12.2 Å². The molecule has 2 aromatic heterocycles. The Kier molecular flexibility index (Phi) is 4.94. The number of benzene rings is 1. The van der Waals surface area contributed by atoms with Crippen molar-refractivity contribution in [3.63, 3.8) is 0 Å². The molecule has 4 nitrogen and oxygen atoms in total. The Morgan fingerprint density at radius 2 is 1.82 bits per heavy atom. The van der Waals surface area contributed by atoms with Gasteiger partial charge in [-0.25, -0.2) is 4.98 Å². The van der Waals surface area contributed by atoms with Gasteiger partial charge in [-0.05, 0) is 23.6 Å². The van der Waals surface area contributed by atoms with Gasteiger partial charge in [0.2, 0.25) is 0 Å². The van der Waals surface area contributed by atoms with E-state index in [1.807, 2.05) is 20.8 Å². The molecule has 0 saturated heterocycles. The molecule has 28 heavy (non-hydrogen) atoms. The summed E-state index contributed by atoms with van der Waals surface area (Å²) in [5, 5.41) is 9.71. The summed E-state index contributed by atoms with van der Waals surface area (Å²) in [4.78, 5) is 4.61. The molecule has 0 spiro atoms. The third kappa shape index (κ3) is 3.87. The van der Waals surface area contributed by atoms with Crippen molar-refractivity contribution < 1.29 is 13.2 Å². The van der Waals surface area contributed by atoms with Crippen LogP contribution in [0.5, 0.6) is 0 Å². The number of nitriles is 1. The maximum Gasteiger partial charge on any atom is 0.407 e. The average molecular weight is 386 g/mol. The fourth-order valence-electron chi connectivity index (χ4n) is 3.20. The topological polar surface area (TPSA) is 67.6 Å². The first kappa shape index (κ1) is 19.9. The molecule has 0 aliphatic rings. The summed E-state index contributed by atoms with van der Waals surface area (Å²) in [6.07, 6.45) is -3.10. The Hall–Kier alpha value is -2.85. The molecule has 146 valence electrons. The van der Waals surface area contributed by atoms with Crippen LogP contribution in [0.25, 0.3) is 22.3 Å². The minimum atomic E-state index is -4.55. The van der Waals surface area contributed by atoms with Gasteiger partial charge in [-0.2, -0.15) is 18.4 Å². The van der Waals surface area contributed by atoms with Gasteiger partial charge in [0.1, 0.15) is 11.7 Å². The highest BCUT2D eigenvalue weighted by Crippen LogP contribution is 2.37. The molecular formula is C21H21F3N4. The van der Waals surface area contributed by atoms with Gasteiger partial charge in [0.25, 0.3) is 0 Å². The summed E-state index contributed by atoms with van der Waals surface area (Å²) in [7, 11) is 0. The van der Waals surface area contributed by atoms with Gasteiger partial charge in [-0.1, -0.05) is 39.0 Å². The highest BCUT2D eigenvalue weighted by atomic mass is 19.4. The SMILES string of the molecule is CC(C)(C)Cn1cc([C@H](N)C(F)(F)F)c2ccc(-c3ccccc3C#N)nc21. The van der Waals surface area contributed by atoms with E-state index in [9.17, 15) is 18.4 Å². The first-order valence-electron chi connectivity index (χ1n) is 8.83. The van der Waals surface area contributed by atoms with E-state index in [0.717, 1.165) is 0 Å². The van der Waals surface area contributed by atoms with Gasteiger partial charge in [0.15, 0.2) is 0 Å². The lowest BCUT2D eigenvalue weighted by atomic mass is 9.97. The normalized spacial score (nSPS) is 13.5. The zero-order valence-corrected chi connectivity index (χ0v) is 15.9. The predicted molar refractivity (Wildman–Crippen MR) is 102 cm³/mol. The third-order valence-electron chi connectivity index (χ3n) is 4.41. The van der Waals surface area contributed by atoms with Crippen LogP contribution < -0.4 is 5.73 Å². The number of pyridine rings is 1. The fraction of sp³-hybridized carbons (Fsp3) is 0.333. The zero-order chi connectivity index (χ0) is 20.7. The lowest BCUT2D eigenvalue weighted by Crippen LogP contribution is -2.28. The number of hydrogen-bond acceptors (Lipinski definition) is 3. The summed E-state index contributed by atoms with van der Waals surface area (Å²) in [5.74, 6) is 0. The Balaban J connectivity index is 2.24. The Morgan fingerprint density at radius 3 is 2.43 bits per heavy atom. The largest absolute Gasteiger partial charge is 0.407 e. The monoisotopic (exact) mass is 386 g/mol. The summed E-state index contributed by atoms with van der Waals surface area (Å²) in [6.45, 7) is 6.47. The van der Waals surface area contributed by atoms with Gasteiger partial charge in [0, 0.05) is 29.3 Å². The van der Waals surface area contributed by atoms with Gasteiger partial charge in [-0.3, -0.25) is 0 Å². The number of hydrogen-bond donors (Lipinski definition) is 1. The molecule has 1 atom stereocenters. The van der Waals surface area contributed by atoms with E-state index >= 15 is 0 Å². The highest BCUT2D eigenvalue weighted by Gasteiger charge is 2.39. The quantitative estimate of drug-likeness (QED) is 0.674. The van der Waals surface area contributed by atoms with Crippen LogP contribution in [0.3, 0.4) is 0 Å². The molecule has 0 fully saturated rings.